The van der Waals surface area contributed by atoms with Gasteiger partial charge in [-0.25, -0.2) is 0 Å². The van der Waals surface area contributed by atoms with Crippen LogP contribution in [0.25, 0.3) is 0 Å². The molecule has 1 aliphatic heterocycles. The minimum Gasteiger partial charge on any atom is -0.398 e. The molecule has 0 radical (unpaired) electrons. The van der Waals surface area contributed by atoms with Gasteiger partial charge in [-0.2, -0.15) is 0 Å². The van der Waals surface area contributed by atoms with E-state index in [1.54, 1.807) is 12.3 Å². The fourth-order valence-corrected chi connectivity index (χ4v) is 2.89. The maximum absolute atomic E-state index is 12.9. The molecular weight excluding hydrogens is 262 g/mol. The predicted octanol–water partition coefficient (Wildman–Crippen LogP) is 2.95. The van der Waals surface area contributed by atoms with Gasteiger partial charge in [0.15, 0.2) is 0 Å². The summed E-state index contributed by atoms with van der Waals surface area (Å²) >= 11 is 0. The van der Waals surface area contributed by atoms with Gasteiger partial charge in [0.05, 0.1) is 5.56 Å². The van der Waals surface area contributed by atoms with Gasteiger partial charge in [-0.3, -0.25) is 9.78 Å². The summed E-state index contributed by atoms with van der Waals surface area (Å²) in [6, 6.07) is 9.97. The third-order valence-electron chi connectivity index (χ3n) is 4.05. The van der Waals surface area contributed by atoms with Crippen LogP contribution in [0, 0.1) is 6.92 Å². The van der Waals surface area contributed by atoms with Crippen molar-refractivity contribution in [1.29, 1.82) is 0 Å². The highest BCUT2D eigenvalue weighted by Gasteiger charge is 2.29. The lowest BCUT2D eigenvalue weighted by molar-refractivity contribution is 0.0975. The zero-order chi connectivity index (χ0) is 15.0. The molecule has 4 heteroatoms. The van der Waals surface area contributed by atoms with E-state index in [-0.39, 0.29) is 11.9 Å². The van der Waals surface area contributed by atoms with Gasteiger partial charge < -0.3 is 10.6 Å². The molecule has 1 aliphatic rings. The summed E-state index contributed by atoms with van der Waals surface area (Å²) < 4.78 is 0. The van der Waals surface area contributed by atoms with Gasteiger partial charge in [-0.1, -0.05) is 18.2 Å². The number of aryl methyl sites for hydroxylation is 2. The van der Waals surface area contributed by atoms with E-state index in [0.717, 1.165) is 24.2 Å². The molecule has 4 nitrogen and oxygen atoms in total. The molecule has 0 bridgehead atoms. The van der Waals surface area contributed by atoms with E-state index in [9.17, 15) is 4.79 Å². The average molecular weight is 281 g/mol. The topological polar surface area (TPSA) is 59.2 Å². The largest absolute Gasteiger partial charge is 0.398 e. The maximum Gasteiger partial charge on any atom is 0.262 e. The number of nitrogens with two attached hydrogens (primary N) is 1. The molecule has 0 spiro atoms. The molecule has 2 N–H and O–H groups in total. The number of nitrogens with zero attached hydrogens (tertiary/aromatic N) is 2. The van der Waals surface area contributed by atoms with E-state index in [2.05, 4.69) is 18.0 Å². The van der Waals surface area contributed by atoms with Gasteiger partial charge >= 0.3 is 0 Å². The SMILES string of the molecule is Cc1cc(N)c(C(=O)N2c3ccccc3CCC2C)cn1. The van der Waals surface area contributed by atoms with E-state index in [1.165, 1.54) is 5.56 Å². The van der Waals surface area contributed by atoms with Crippen LogP contribution in [0.5, 0.6) is 0 Å². The number of anilines is 2. The molecule has 108 valence electrons. The fourth-order valence-electron chi connectivity index (χ4n) is 2.89. The molecule has 21 heavy (non-hydrogen) atoms. The number of rotatable bonds is 1. The number of aromatic nitrogens is 1. The Bertz CT molecular complexity index is 696. The number of carbonyl (C=O) groups excluding carboxylic acids is 1. The third kappa shape index (κ3) is 2.37. The Balaban J connectivity index is 2.05. The molecule has 1 amide bonds. The summed E-state index contributed by atoms with van der Waals surface area (Å²) in [5, 5.41) is 0. The van der Waals surface area contributed by atoms with Gasteiger partial charge in [0.25, 0.3) is 5.91 Å². The zero-order valence-electron chi connectivity index (χ0n) is 12.3. The van der Waals surface area contributed by atoms with Crippen LogP contribution in [0.4, 0.5) is 11.4 Å². The quantitative estimate of drug-likeness (QED) is 0.874. The summed E-state index contributed by atoms with van der Waals surface area (Å²) in [5.74, 6) is -0.0698. The van der Waals surface area contributed by atoms with E-state index in [0.29, 0.717) is 11.3 Å². The monoisotopic (exact) mass is 281 g/mol. The molecule has 2 heterocycles. The van der Waals surface area contributed by atoms with Gasteiger partial charge in [-0.05, 0) is 44.4 Å². The minimum atomic E-state index is -0.0698. The Morgan fingerprint density at radius 1 is 1.38 bits per heavy atom. The third-order valence-corrected chi connectivity index (χ3v) is 4.05. The van der Waals surface area contributed by atoms with Crippen LogP contribution in [0.1, 0.15) is 35.0 Å². The number of para-hydroxylation sites is 1. The van der Waals surface area contributed by atoms with Crippen LogP contribution in [-0.4, -0.2) is 16.9 Å². The first-order chi connectivity index (χ1) is 10.1. The number of hydrogen-bond acceptors (Lipinski definition) is 3. The number of fused-ring (bicyclic) bond motifs is 1. The second-order valence-electron chi connectivity index (χ2n) is 5.60. The lowest BCUT2D eigenvalue weighted by Crippen LogP contribution is -2.42. The standard InChI is InChI=1S/C17H19N3O/c1-11-9-15(18)14(10-19-11)17(21)20-12(2)7-8-13-5-3-4-6-16(13)20/h3-6,9-10,12H,7-8H2,1-2H3,(H2,18,19). The van der Waals surface area contributed by atoms with Crippen molar-refractivity contribution >= 4 is 17.3 Å². The summed E-state index contributed by atoms with van der Waals surface area (Å²) in [6.07, 6.45) is 3.54. The Morgan fingerprint density at radius 3 is 2.90 bits per heavy atom. The zero-order valence-corrected chi connectivity index (χ0v) is 12.3. The van der Waals surface area contributed by atoms with Crippen LogP contribution in [0.2, 0.25) is 0 Å². The Morgan fingerprint density at radius 2 is 2.14 bits per heavy atom. The fraction of sp³-hybridized carbons (Fsp3) is 0.294. The molecule has 1 unspecified atom stereocenters. The van der Waals surface area contributed by atoms with E-state index < -0.39 is 0 Å². The van der Waals surface area contributed by atoms with Crippen LogP contribution in [0.15, 0.2) is 36.5 Å². The summed E-state index contributed by atoms with van der Waals surface area (Å²) in [6.45, 7) is 3.94. The average Bonchev–Trinajstić information content (AvgIpc) is 2.46. The summed E-state index contributed by atoms with van der Waals surface area (Å²) in [4.78, 5) is 19.0. The Hall–Kier alpha value is -2.36. The Kier molecular flexibility index (Phi) is 3.37. The van der Waals surface area contributed by atoms with Crippen molar-refractivity contribution < 1.29 is 4.79 Å². The smallest absolute Gasteiger partial charge is 0.262 e. The van der Waals surface area contributed by atoms with Gasteiger partial charge in [0.1, 0.15) is 0 Å². The lowest BCUT2D eigenvalue weighted by Gasteiger charge is -2.35. The number of pyridine rings is 1. The van der Waals surface area contributed by atoms with Crippen molar-refractivity contribution in [3.05, 3.63) is 53.3 Å². The molecule has 1 aromatic heterocycles. The molecule has 0 saturated heterocycles. The molecule has 0 saturated carbocycles. The first kappa shape index (κ1) is 13.6. The van der Waals surface area contributed by atoms with E-state index in [1.807, 2.05) is 30.0 Å². The molecular formula is C17H19N3O. The van der Waals surface area contributed by atoms with Crippen molar-refractivity contribution in [2.75, 3.05) is 10.6 Å². The number of amides is 1. The van der Waals surface area contributed by atoms with Gasteiger partial charge in [0.2, 0.25) is 0 Å². The first-order valence-electron chi connectivity index (χ1n) is 7.21. The van der Waals surface area contributed by atoms with E-state index >= 15 is 0 Å². The lowest BCUT2D eigenvalue weighted by atomic mass is 9.95. The van der Waals surface area contributed by atoms with Crippen molar-refractivity contribution in [3.63, 3.8) is 0 Å². The summed E-state index contributed by atoms with van der Waals surface area (Å²) in [5.41, 5.74) is 9.99. The van der Waals surface area contributed by atoms with E-state index in [4.69, 9.17) is 5.73 Å². The second-order valence-corrected chi connectivity index (χ2v) is 5.60. The van der Waals surface area contributed by atoms with Crippen LogP contribution >= 0.6 is 0 Å². The highest BCUT2D eigenvalue weighted by molar-refractivity contribution is 6.10. The van der Waals surface area contributed by atoms with Crippen LogP contribution in [0.3, 0.4) is 0 Å². The number of nitrogen functional groups attached to an aromatic ring is 1. The first-order valence-corrected chi connectivity index (χ1v) is 7.21. The van der Waals surface area contributed by atoms with Crippen LogP contribution < -0.4 is 10.6 Å². The van der Waals surface area contributed by atoms with Crippen molar-refractivity contribution in [3.8, 4) is 0 Å². The highest BCUT2D eigenvalue weighted by atomic mass is 16.2. The van der Waals surface area contributed by atoms with Crippen molar-refractivity contribution in [2.24, 2.45) is 0 Å². The Labute approximate surface area is 124 Å². The molecule has 2 aromatic rings. The predicted molar refractivity (Wildman–Crippen MR) is 84.4 cm³/mol. The normalized spacial score (nSPS) is 17.4. The highest BCUT2D eigenvalue weighted by Crippen LogP contribution is 2.32. The molecule has 1 atom stereocenters. The number of hydrogen-bond donors (Lipinski definition) is 1. The van der Waals surface area contributed by atoms with Crippen molar-refractivity contribution in [1.82, 2.24) is 4.98 Å². The molecule has 0 aliphatic carbocycles. The molecule has 0 fully saturated rings. The van der Waals surface area contributed by atoms with Gasteiger partial charge in [-0.15, -0.1) is 0 Å². The second kappa shape index (κ2) is 5.20. The van der Waals surface area contributed by atoms with Crippen LogP contribution in [-0.2, 0) is 6.42 Å². The number of carbonyl (C=O) groups is 1. The maximum atomic E-state index is 12.9. The van der Waals surface area contributed by atoms with Gasteiger partial charge in [0, 0.05) is 29.3 Å². The number of benzene rings is 1. The minimum absolute atomic E-state index is 0.0698. The van der Waals surface area contributed by atoms with Crippen molar-refractivity contribution in [2.45, 2.75) is 32.7 Å². The molecule has 1 aromatic carbocycles. The summed E-state index contributed by atoms with van der Waals surface area (Å²) in [7, 11) is 0. The molecule has 3 rings (SSSR count).